The monoisotopic (exact) mass is 409 g/mol. The van der Waals surface area contributed by atoms with Crippen LogP contribution in [0.5, 0.6) is 5.75 Å². The Labute approximate surface area is 165 Å². The van der Waals surface area contributed by atoms with Crippen molar-refractivity contribution in [3.05, 3.63) is 57.5 Å². The smallest absolute Gasteiger partial charge is 0.416 e. The second-order valence-electron chi connectivity index (χ2n) is 7.66. The summed E-state index contributed by atoms with van der Waals surface area (Å²) in [5, 5.41) is 14.1. The van der Waals surface area contributed by atoms with Crippen molar-refractivity contribution in [1.29, 1.82) is 0 Å². The molecule has 156 valence electrons. The summed E-state index contributed by atoms with van der Waals surface area (Å²) in [4.78, 5) is 25.5. The van der Waals surface area contributed by atoms with Crippen LogP contribution in [0.4, 0.5) is 13.2 Å². The third-order valence-electron chi connectivity index (χ3n) is 5.38. The maximum Gasteiger partial charge on any atom is 0.416 e. The van der Waals surface area contributed by atoms with Gasteiger partial charge >= 0.3 is 6.18 Å². The van der Waals surface area contributed by atoms with Crippen molar-refractivity contribution in [2.75, 3.05) is 14.1 Å². The van der Waals surface area contributed by atoms with Crippen molar-refractivity contribution in [2.24, 2.45) is 0 Å². The molecule has 6 nitrogen and oxygen atoms in total. The average Bonchev–Trinajstić information content (AvgIpc) is 3.13. The molecule has 0 spiro atoms. The van der Waals surface area contributed by atoms with Crippen molar-refractivity contribution < 1.29 is 23.1 Å². The number of carbonyl (C=O) groups excluding carboxylic acids is 1. The highest BCUT2D eigenvalue weighted by Crippen LogP contribution is 2.44. The van der Waals surface area contributed by atoms with Gasteiger partial charge in [0.05, 0.1) is 18.3 Å². The van der Waals surface area contributed by atoms with Gasteiger partial charge < -0.3 is 10.0 Å². The van der Waals surface area contributed by atoms with Crippen LogP contribution in [0.15, 0.2) is 35.3 Å². The molecule has 0 bridgehead atoms. The van der Waals surface area contributed by atoms with Gasteiger partial charge in [0.2, 0.25) is 0 Å². The first kappa shape index (κ1) is 20.9. The van der Waals surface area contributed by atoms with Gasteiger partial charge in [0, 0.05) is 19.5 Å². The van der Waals surface area contributed by atoms with Crippen molar-refractivity contribution in [3.63, 3.8) is 0 Å². The van der Waals surface area contributed by atoms with Crippen molar-refractivity contribution in [3.8, 4) is 5.75 Å². The number of carbonyl (C=O) groups is 1. The second-order valence-corrected chi connectivity index (χ2v) is 7.66. The Morgan fingerprint density at radius 2 is 1.93 bits per heavy atom. The van der Waals surface area contributed by atoms with Gasteiger partial charge in [0.15, 0.2) is 11.4 Å². The van der Waals surface area contributed by atoms with E-state index >= 15 is 0 Å². The van der Waals surface area contributed by atoms with E-state index in [1.807, 2.05) is 0 Å². The highest BCUT2D eigenvalue weighted by molar-refractivity contribution is 5.91. The number of alkyl halides is 3. The fraction of sp³-hybridized carbons (Fsp3) is 0.450. The molecule has 0 atom stereocenters. The van der Waals surface area contributed by atoms with Gasteiger partial charge in [0.25, 0.3) is 11.3 Å². The number of hydrogen-bond acceptors (Lipinski definition) is 4. The van der Waals surface area contributed by atoms with Gasteiger partial charge in [-0.2, -0.15) is 18.3 Å². The highest BCUT2D eigenvalue weighted by Gasteiger charge is 2.39. The molecule has 0 radical (unpaired) electrons. The van der Waals surface area contributed by atoms with Gasteiger partial charge in [-0.25, -0.2) is 0 Å². The largest absolute Gasteiger partial charge is 0.503 e. The van der Waals surface area contributed by atoms with E-state index in [0.29, 0.717) is 18.4 Å². The minimum absolute atomic E-state index is 0.149. The van der Waals surface area contributed by atoms with Crippen LogP contribution in [0, 0.1) is 0 Å². The van der Waals surface area contributed by atoms with Gasteiger partial charge in [-0.15, -0.1) is 0 Å². The molecule has 0 saturated heterocycles. The fourth-order valence-electron chi connectivity index (χ4n) is 3.88. The number of aromatic hydroxyl groups is 1. The van der Waals surface area contributed by atoms with E-state index in [1.54, 1.807) is 6.07 Å². The summed E-state index contributed by atoms with van der Waals surface area (Å²) >= 11 is 0. The maximum atomic E-state index is 13.2. The van der Waals surface area contributed by atoms with E-state index < -0.39 is 39.9 Å². The number of nitrogens with zero attached hydrogens (tertiary/aromatic N) is 3. The van der Waals surface area contributed by atoms with Crippen LogP contribution < -0.4 is 5.43 Å². The molecule has 1 fully saturated rings. The Morgan fingerprint density at radius 3 is 2.52 bits per heavy atom. The first-order chi connectivity index (χ1) is 13.5. The maximum absolute atomic E-state index is 13.2. The summed E-state index contributed by atoms with van der Waals surface area (Å²) < 4.78 is 40.9. The van der Waals surface area contributed by atoms with Crippen LogP contribution in [0.3, 0.4) is 0 Å². The lowest BCUT2D eigenvalue weighted by molar-refractivity contribution is -0.137. The van der Waals surface area contributed by atoms with Gasteiger partial charge in [0.1, 0.15) is 0 Å². The topological polar surface area (TPSA) is 75.4 Å². The second kappa shape index (κ2) is 7.53. The minimum Gasteiger partial charge on any atom is -0.503 e. The molecule has 0 aliphatic heterocycles. The summed E-state index contributed by atoms with van der Waals surface area (Å²) in [5.41, 5.74) is -2.12. The third kappa shape index (κ3) is 4.13. The zero-order chi connectivity index (χ0) is 21.4. The molecule has 0 unspecified atom stereocenters. The Hall–Kier alpha value is -2.84. The van der Waals surface area contributed by atoms with E-state index in [9.17, 15) is 27.9 Å². The Morgan fingerprint density at radius 1 is 1.28 bits per heavy atom. The summed E-state index contributed by atoms with van der Waals surface area (Å²) in [6.07, 6.45) is -0.366. The molecule has 3 rings (SSSR count). The number of benzene rings is 1. The number of amides is 1. The summed E-state index contributed by atoms with van der Waals surface area (Å²) in [5.74, 6) is -1.28. The van der Waals surface area contributed by atoms with Crippen LogP contribution in [0.2, 0.25) is 0 Å². The molecule has 1 aromatic heterocycles. The molecule has 1 heterocycles. The molecule has 9 heteroatoms. The van der Waals surface area contributed by atoms with E-state index in [-0.39, 0.29) is 6.54 Å². The Balaban J connectivity index is 2.05. The van der Waals surface area contributed by atoms with Crippen LogP contribution in [0.1, 0.15) is 47.3 Å². The standard InChI is InChI=1S/C20H22F3N3O3/c1-25(2)18(29)16-17(28)15(27)11-26(24-16)12-19(8-3-4-9-19)13-6-5-7-14(10-13)20(21,22)23/h5-7,10-11,27H,3-4,8-9,12H2,1-2H3. The van der Waals surface area contributed by atoms with Crippen molar-refractivity contribution in [1.82, 2.24) is 14.7 Å². The number of rotatable bonds is 4. The molecule has 1 saturated carbocycles. The minimum atomic E-state index is -4.45. The number of halogens is 3. The molecule has 1 N–H and O–H groups in total. The SMILES string of the molecule is CN(C)C(=O)c1nn(CC2(c3cccc(C(F)(F)F)c3)CCCC2)cc(O)c1=O. The molecule has 1 amide bonds. The van der Waals surface area contributed by atoms with E-state index in [4.69, 9.17) is 0 Å². The highest BCUT2D eigenvalue weighted by atomic mass is 19.4. The molecule has 2 aromatic rings. The Bertz CT molecular complexity index is 977. The molecule has 1 aromatic carbocycles. The van der Waals surface area contributed by atoms with Crippen LogP contribution >= 0.6 is 0 Å². The van der Waals surface area contributed by atoms with Gasteiger partial charge in [-0.05, 0) is 24.5 Å². The number of aromatic nitrogens is 2. The van der Waals surface area contributed by atoms with Gasteiger partial charge in [-0.3, -0.25) is 14.3 Å². The predicted octanol–water partition coefficient (Wildman–Crippen LogP) is 3.18. The average molecular weight is 409 g/mol. The van der Waals surface area contributed by atoms with Crippen LogP contribution in [0.25, 0.3) is 0 Å². The Kier molecular flexibility index (Phi) is 5.42. The quantitative estimate of drug-likeness (QED) is 0.842. The summed E-state index contributed by atoms with van der Waals surface area (Å²) in [6.45, 7) is 0.149. The molecule has 29 heavy (non-hydrogen) atoms. The van der Waals surface area contributed by atoms with E-state index in [1.165, 1.54) is 29.7 Å². The number of hydrogen-bond donors (Lipinski definition) is 1. The molecule has 1 aliphatic carbocycles. The van der Waals surface area contributed by atoms with E-state index in [2.05, 4.69) is 5.10 Å². The zero-order valence-corrected chi connectivity index (χ0v) is 16.2. The predicted molar refractivity (Wildman–Crippen MR) is 99.8 cm³/mol. The van der Waals surface area contributed by atoms with Crippen LogP contribution in [-0.4, -0.2) is 39.8 Å². The first-order valence-electron chi connectivity index (χ1n) is 9.24. The molecular formula is C20H22F3N3O3. The van der Waals surface area contributed by atoms with Gasteiger partial charge in [-0.1, -0.05) is 31.0 Å². The lowest BCUT2D eigenvalue weighted by Gasteiger charge is -2.31. The summed E-state index contributed by atoms with van der Waals surface area (Å²) in [7, 11) is 2.91. The first-order valence-corrected chi connectivity index (χ1v) is 9.24. The molecular weight excluding hydrogens is 387 g/mol. The zero-order valence-electron chi connectivity index (χ0n) is 16.2. The van der Waals surface area contributed by atoms with Crippen LogP contribution in [-0.2, 0) is 18.1 Å². The lowest BCUT2D eigenvalue weighted by Crippen LogP contribution is -2.34. The fourth-order valence-corrected chi connectivity index (χ4v) is 3.88. The normalized spacial score (nSPS) is 16.0. The molecule has 1 aliphatic rings. The third-order valence-corrected chi connectivity index (χ3v) is 5.38. The van der Waals surface area contributed by atoms with E-state index in [0.717, 1.165) is 31.2 Å². The van der Waals surface area contributed by atoms with Crippen molar-refractivity contribution in [2.45, 2.75) is 43.8 Å². The lowest BCUT2D eigenvalue weighted by atomic mass is 9.78. The van der Waals surface area contributed by atoms with Crippen molar-refractivity contribution >= 4 is 5.91 Å². The summed E-state index contributed by atoms with van der Waals surface area (Å²) in [6, 6.07) is 5.23.